The monoisotopic (exact) mass is 226 g/mol. The van der Waals surface area contributed by atoms with Gasteiger partial charge in [-0.25, -0.2) is 0 Å². The van der Waals surface area contributed by atoms with Gasteiger partial charge in [-0.15, -0.1) is 11.8 Å². The Balaban J connectivity index is 2.66. The van der Waals surface area contributed by atoms with Gasteiger partial charge >= 0.3 is 0 Å². The fraction of sp³-hybridized carbons (Fsp3) is 0.333. The summed E-state index contributed by atoms with van der Waals surface area (Å²) in [6.45, 7) is 2.04. The van der Waals surface area contributed by atoms with E-state index in [4.69, 9.17) is 23.2 Å². The number of halogens is 2. The minimum Gasteiger partial charge on any atom is -0.104 e. The van der Waals surface area contributed by atoms with Gasteiger partial charge in [0.2, 0.25) is 0 Å². The van der Waals surface area contributed by atoms with Crippen LogP contribution in [0.3, 0.4) is 0 Å². The number of rotatable bonds is 2. The summed E-state index contributed by atoms with van der Waals surface area (Å²) < 4.78 is 0. The summed E-state index contributed by atoms with van der Waals surface area (Å²) in [5.41, 5.74) is 1.00. The topological polar surface area (TPSA) is 0 Å². The minimum atomic E-state index is 0.732. The van der Waals surface area contributed by atoms with Crippen molar-refractivity contribution in [2.45, 2.75) is 26.2 Å². The normalized spacial score (nSPS) is 9.36. The second-order valence-electron chi connectivity index (χ2n) is 2.91. The van der Waals surface area contributed by atoms with Crippen LogP contribution in [-0.2, 0) is 6.42 Å². The highest BCUT2D eigenvalue weighted by Crippen LogP contribution is 2.25. The minimum absolute atomic E-state index is 0.732. The lowest BCUT2D eigenvalue weighted by molar-refractivity contribution is 1.03. The zero-order chi connectivity index (χ0) is 10.4. The van der Waals surface area contributed by atoms with E-state index in [-0.39, 0.29) is 0 Å². The van der Waals surface area contributed by atoms with Crippen molar-refractivity contribution < 1.29 is 0 Å². The van der Waals surface area contributed by atoms with Crippen LogP contribution in [0.4, 0.5) is 0 Å². The summed E-state index contributed by atoms with van der Waals surface area (Å²) >= 11 is 12.0. The van der Waals surface area contributed by atoms with Gasteiger partial charge in [-0.1, -0.05) is 36.2 Å². The Bertz CT molecular complexity index is 338. The maximum absolute atomic E-state index is 6.01. The molecule has 0 radical (unpaired) electrons. The average molecular weight is 227 g/mol. The standard InChI is InChI=1S/C12H12Cl2/c1-2-3-4-5-7-10-11(13)8-6-9-12(10)14/h6,8-9H,2,5,7H2,1H3. The Labute approximate surface area is 95.2 Å². The van der Waals surface area contributed by atoms with Gasteiger partial charge in [-0.3, -0.25) is 0 Å². The van der Waals surface area contributed by atoms with E-state index < -0.39 is 0 Å². The largest absolute Gasteiger partial charge is 0.104 e. The third-order valence-electron chi connectivity index (χ3n) is 1.86. The first-order valence-electron chi connectivity index (χ1n) is 4.64. The lowest BCUT2D eigenvalue weighted by Gasteiger charge is -2.03. The van der Waals surface area contributed by atoms with E-state index >= 15 is 0 Å². The van der Waals surface area contributed by atoms with Gasteiger partial charge in [0.15, 0.2) is 0 Å². The first kappa shape index (κ1) is 11.4. The lowest BCUT2D eigenvalue weighted by atomic mass is 10.1. The lowest BCUT2D eigenvalue weighted by Crippen LogP contribution is -1.86. The second-order valence-corrected chi connectivity index (χ2v) is 3.72. The highest BCUT2D eigenvalue weighted by Gasteiger charge is 2.03. The molecule has 0 aliphatic heterocycles. The summed E-state index contributed by atoms with van der Waals surface area (Å²) in [6.07, 6.45) is 2.54. The van der Waals surface area contributed by atoms with Crippen LogP contribution in [0.2, 0.25) is 10.0 Å². The fourth-order valence-corrected chi connectivity index (χ4v) is 1.76. The van der Waals surface area contributed by atoms with E-state index in [0.717, 1.165) is 34.9 Å². The molecule has 1 rings (SSSR count). The maximum atomic E-state index is 6.01. The molecule has 0 saturated heterocycles. The molecule has 0 spiro atoms. The Morgan fingerprint density at radius 3 is 2.36 bits per heavy atom. The molecule has 2 heteroatoms. The molecular weight excluding hydrogens is 215 g/mol. The van der Waals surface area contributed by atoms with Crippen LogP contribution in [0.15, 0.2) is 18.2 Å². The van der Waals surface area contributed by atoms with E-state index in [2.05, 4.69) is 11.8 Å². The first-order valence-corrected chi connectivity index (χ1v) is 5.40. The van der Waals surface area contributed by atoms with Crippen LogP contribution in [-0.4, -0.2) is 0 Å². The SMILES string of the molecule is CCC#CCCc1c(Cl)cccc1Cl. The van der Waals surface area contributed by atoms with E-state index in [1.165, 1.54) is 0 Å². The Morgan fingerprint density at radius 1 is 1.14 bits per heavy atom. The molecule has 0 unspecified atom stereocenters. The van der Waals surface area contributed by atoms with Crippen LogP contribution in [0.5, 0.6) is 0 Å². The van der Waals surface area contributed by atoms with Crippen molar-refractivity contribution in [1.29, 1.82) is 0 Å². The molecule has 0 heterocycles. The Kier molecular flexibility index (Phi) is 4.87. The third kappa shape index (κ3) is 3.25. The second kappa shape index (κ2) is 5.96. The summed E-state index contributed by atoms with van der Waals surface area (Å²) in [4.78, 5) is 0. The molecule has 0 bridgehead atoms. The molecular formula is C12H12Cl2. The molecule has 14 heavy (non-hydrogen) atoms. The molecule has 0 amide bonds. The Morgan fingerprint density at radius 2 is 1.79 bits per heavy atom. The van der Waals surface area contributed by atoms with Gasteiger partial charge in [0.1, 0.15) is 0 Å². The van der Waals surface area contributed by atoms with E-state index in [1.54, 1.807) is 0 Å². The van der Waals surface area contributed by atoms with Crippen molar-refractivity contribution in [3.05, 3.63) is 33.8 Å². The predicted octanol–water partition coefficient (Wildman–Crippen LogP) is 4.34. The van der Waals surface area contributed by atoms with Crippen LogP contribution < -0.4 is 0 Å². The van der Waals surface area contributed by atoms with E-state index in [9.17, 15) is 0 Å². The van der Waals surface area contributed by atoms with Gasteiger partial charge in [0.25, 0.3) is 0 Å². The molecule has 0 aromatic heterocycles. The summed E-state index contributed by atoms with van der Waals surface area (Å²) in [7, 11) is 0. The van der Waals surface area contributed by atoms with Gasteiger partial charge in [0, 0.05) is 22.9 Å². The smallest absolute Gasteiger partial charge is 0.0453 e. The van der Waals surface area contributed by atoms with Crippen LogP contribution in [0.25, 0.3) is 0 Å². The zero-order valence-electron chi connectivity index (χ0n) is 8.11. The molecule has 0 N–H and O–H groups in total. The van der Waals surface area contributed by atoms with E-state index in [1.807, 2.05) is 25.1 Å². The fourth-order valence-electron chi connectivity index (χ4n) is 1.17. The quantitative estimate of drug-likeness (QED) is 0.659. The van der Waals surface area contributed by atoms with Crippen molar-refractivity contribution >= 4 is 23.2 Å². The summed E-state index contributed by atoms with van der Waals surface area (Å²) in [6, 6.07) is 5.57. The first-order chi connectivity index (χ1) is 6.75. The summed E-state index contributed by atoms with van der Waals surface area (Å²) in [5, 5.41) is 1.46. The average Bonchev–Trinajstić information content (AvgIpc) is 2.16. The van der Waals surface area contributed by atoms with Crippen molar-refractivity contribution in [3.8, 4) is 11.8 Å². The predicted molar refractivity (Wildman–Crippen MR) is 62.9 cm³/mol. The van der Waals surface area contributed by atoms with Crippen molar-refractivity contribution in [2.75, 3.05) is 0 Å². The Hall–Kier alpha value is -0.640. The zero-order valence-corrected chi connectivity index (χ0v) is 9.62. The molecule has 0 aliphatic rings. The molecule has 0 atom stereocenters. The molecule has 74 valence electrons. The van der Waals surface area contributed by atoms with Gasteiger partial charge in [-0.05, 0) is 24.1 Å². The number of benzene rings is 1. The highest BCUT2D eigenvalue weighted by atomic mass is 35.5. The van der Waals surface area contributed by atoms with Crippen molar-refractivity contribution in [1.82, 2.24) is 0 Å². The third-order valence-corrected chi connectivity index (χ3v) is 2.57. The molecule has 0 nitrogen and oxygen atoms in total. The van der Waals surface area contributed by atoms with Crippen LogP contribution in [0, 0.1) is 11.8 Å². The highest BCUT2D eigenvalue weighted by molar-refractivity contribution is 6.35. The van der Waals surface area contributed by atoms with E-state index in [0.29, 0.717) is 0 Å². The van der Waals surface area contributed by atoms with Gasteiger partial charge in [-0.2, -0.15) is 0 Å². The molecule has 1 aromatic rings. The molecule has 0 aliphatic carbocycles. The van der Waals surface area contributed by atoms with Gasteiger partial charge in [0.05, 0.1) is 0 Å². The van der Waals surface area contributed by atoms with Crippen LogP contribution in [0.1, 0.15) is 25.3 Å². The maximum Gasteiger partial charge on any atom is 0.0453 e. The number of hydrogen-bond acceptors (Lipinski definition) is 0. The van der Waals surface area contributed by atoms with Crippen LogP contribution >= 0.6 is 23.2 Å². The van der Waals surface area contributed by atoms with Crippen molar-refractivity contribution in [2.24, 2.45) is 0 Å². The van der Waals surface area contributed by atoms with Gasteiger partial charge < -0.3 is 0 Å². The summed E-state index contributed by atoms with van der Waals surface area (Å²) in [5.74, 6) is 6.09. The molecule has 0 fully saturated rings. The van der Waals surface area contributed by atoms with Crippen molar-refractivity contribution in [3.63, 3.8) is 0 Å². The molecule has 1 aromatic carbocycles. The molecule has 0 saturated carbocycles. The number of hydrogen-bond donors (Lipinski definition) is 0.